The molecule has 0 aromatic heterocycles. The van der Waals surface area contributed by atoms with E-state index in [1.807, 2.05) is 0 Å². The summed E-state index contributed by atoms with van der Waals surface area (Å²) in [5, 5.41) is 0. The smallest absolute Gasteiger partial charge is 0.789 e. The minimum Gasteiger partial charge on any atom is -0.789 e. The van der Waals surface area contributed by atoms with E-state index < -0.39 is 31.3 Å². The largest absolute Gasteiger partial charge is 1.00 e. The summed E-state index contributed by atoms with van der Waals surface area (Å²) in [7, 11) is -20.8. The van der Waals surface area contributed by atoms with Crippen molar-refractivity contribution in [1.82, 2.24) is 0 Å². The Hall–Kier alpha value is 3.16. The molecule has 14 nitrogen and oxygen atoms in total. The van der Waals surface area contributed by atoms with Crippen LogP contribution in [0.3, 0.4) is 0 Å². The van der Waals surface area contributed by atoms with Gasteiger partial charge in [0.05, 0.1) is 7.82 Å². The minimum atomic E-state index is -5.55. The SMILES string of the molecule is O=P(O)(O)OP(=O)(O)O.O=P([O-])([O-])OP(=O)(O)O.[K+].[Na+]. The fourth-order valence-corrected chi connectivity index (χ4v) is 2.42. The molecule has 0 unspecified atom stereocenters. The standard InChI is InChI=1S/K.Na.2H4O7P2/c;;2*1-8(2,3)7-9(4,5)6/h;;2*(H2,1,2,3)(H2,4,5,6)/q2*+1;;/p-2. The van der Waals surface area contributed by atoms with Gasteiger partial charge < -0.3 is 43.7 Å². The normalized spacial score (nSPS) is 12.4. The van der Waals surface area contributed by atoms with Crippen LogP contribution in [0.4, 0.5) is 0 Å². The van der Waals surface area contributed by atoms with Gasteiger partial charge >= 0.3 is 104 Å². The average molecular weight is 416 g/mol. The summed E-state index contributed by atoms with van der Waals surface area (Å²) in [4.78, 5) is 65.1. The van der Waals surface area contributed by atoms with Gasteiger partial charge in [0, 0.05) is 0 Å². The van der Waals surface area contributed by atoms with Crippen molar-refractivity contribution in [3.63, 3.8) is 0 Å². The van der Waals surface area contributed by atoms with E-state index in [1.54, 1.807) is 0 Å². The Morgan fingerprint density at radius 3 is 0.850 bits per heavy atom. The summed E-state index contributed by atoms with van der Waals surface area (Å²) in [6.45, 7) is 0. The van der Waals surface area contributed by atoms with E-state index >= 15 is 0 Å². The molecule has 0 radical (unpaired) electrons. The third-order valence-electron chi connectivity index (χ3n) is 0.419. The second kappa shape index (κ2) is 11.7. The maximum Gasteiger partial charge on any atom is 1.00 e. The summed E-state index contributed by atoms with van der Waals surface area (Å²) in [6.07, 6.45) is 0. The molecule has 0 aliphatic heterocycles. The van der Waals surface area contributed by atoms with E-state index in [2.05, 4.69) is 8.62 Å². The molecule has 0 aromatic rings. The zero-order valence-electron chi connectivity index (χ0n) is 9.74. The van der Waals surface area contributed by atoms with E-state index in [0.29, 0.717) is 0 Å². The number of phosphoric acid groups is 4. The zero-order chi connectivity index (χ0) is 15.4. The summed E-state index contributed by atoms with van der Waals surface area (Å²) in [5.74, 6) is 0. The first-order valence-electron chi connectivity index (χ1n) is 3.03. The molecule has 20 heavy (non-hydrogen) atoms. The number of rotatable bonds is 4. The third kappa shape index (κ3) is 37.4. The third-order valence-corrected chi connectivity index (χ3v) is 3.77. The molecule has 0 fully saturated rings. The topological polar surface area (TPSA) is 254 Å². The van der Waals surface area contributed by atoms with Crippen LogP contribution in [-0.4, -0.2) is 29.4 Å². The van der Waals surface area contributed by atoms with Crippen LogP contribution in [0.15, 0.2) is 0 Å². The van der Waals surface area contributed by atoms with Gasteiger partial charge in [-0.2, -0.15) is 4.31 Å². The summed E-state index contributed by atoms with van der Waals surface area (Å²) in [6, 6.07) is 0. The van der Waals surface area contributed by atoms with Gasteiger partial charge in [0.2, 0.25) is 0 Å². The molecule has 0 aliphatic carbocycles. The fraction of sp³-hybridized carbons (Fsp3) is 0. The molecular weight excluding hydrogens is 410 g/mol. The monoisotopic (exact) mass is 416 g/mol. The van der Waals surface area contributed by atoms with Crippen LogP contribution in [0.1, 0.15) is 0 Å². The average Bonchev–Trinajstić information content (AvgIpc) is 1.64. The Labute approximate surface area is 175 Å². The van der Waals surface area contributed by atoms with Crippen molar-refractivity contribution in [2.75, 3.05) is 0 Å². The van der Waals surface area contributed by atoms with Gasteiger partial charge in [-0.3, -0.25) is 4.31 Å². The predicted molar refractivity (Wildman–Crippen MR) is 45.9 cm³/mol. The number of hydrogen-bond donors (Lipinski definition) is 6. The van der Waals surface area contributed by atoms with Crippen molar-refractivity contribution in [2.45, 2.75) is 0 Å². The van der Waals surface area contributed by atoms with E-state index in [9.17, 15) is 28.0 Å². The molecule has 0 amide bonds. The van der Waals surface area contributed by atoms with Crippen molar-refractivity contribution in [3.05, 3.63) is 0 Å². The quantitative estimate of drug-likeness (QED) is 0.184. The first-order chi connectivity index (χ1) is 7.41. The van der Waals surface area contributed by atoms with Gasteiger partial charge in [-0.15, -0.1) is 0 Å². The Morgan fingerprint density at radius 2 is 0.850 bits per heavy atom. The maximum atomic E-state index is 9.63. The van der Waals surface area contributed by atoms with Crippen molar-refractivity contribution in [2.24, 2.45) is 0 Å². The molecule has 0 aromatic carbocycles. The predicted octanol–water partition coefficient (Wildman–Crippen LogP) is -8.88. The Kier molecular flexibility index (Phi) is 18.1. The van der Waals surface area contributed by atoms with Gasteiger partial charge in [0.1, 0.15) is 0 Å². The van der Waals surface area contributed by atoms with E-state index in [0.717, 1.165) is 0 Å². The van der Waals surface area contributed by atoms with Gasteiger partial charge in [-0.1, -0.05) is 0 Å². The molecule has 0 bridgehead atoms. The van der Waals surface area contributed by atoms with Crippen LogP contribution >= 0.6 is 31.3 Å². The molecule has 0 atom stereocenters. The Bertz CT molecular complexity index is 348. The minimum absolute atomic E-state index is 0. The van der Waals surface area contributed by atoms with Crippen LogP contribution in [0.5, 0.6) is 0 Å². The number of hydrogen-bond acceptors (Lipinski definition) is 8. The molecule has 112 valence electrons. The summed E-state index contributed by atoms with van der Waals surface area (Å²) in [5.41, 5.74) is 0. The molecule has 0 saturated heterocycles. The fourth-order valence-electron chi connectivity index (χ4n) is 0.269. The van der Waals surface area contributed by atoms with E-state index in [-0.39, 0.29) is 80.9 Å². The molecule has 0 spiro atoms. The van der Waals surface area contributed by atoms with Gasteiger partial charge in [0.25, 0.3) is 0 Å². The second-order valence-corrected chi connectivity index (χ2v) is 7.23. The van der Waals surface area contributed by atoms with Gasteiger partial charge in [0.15, 0.2) is 0 Å². The van der Waals surface area contributed by atoms with Crippen molar-refractivity contribution in [1.29, 1.82) is 0 Å². The maximum absolute atomic E-state index is 9.63. The van der Waals surface area contributed by atoms with Crippen molar-refractivity contribution < 1.29 is 147 Å². The first-order valence-corrected chi connectivity index (χ1v) is 9.08. The van der Waals surface area contributed by atoms with Crippen LogP contribution in [0.25, 0.3) is 0 Å². The summed E-state index contributed by atoms with van der Waals surface area (Å²) >= 11 is 0. The molecular formula is H6KNaO14P4. The molecule has 0 aliphatic rings. The Balaban J connectivity index is -0.000000116. The van der Waals surface area contributed by atoms with Crippen LogP contribution < -0.4 is 90.7 Å². The molecule has 6 N–H and O–H groups in total. The van der Waals surface area contributed by atoms with E-state index in [4.69, 9.17) is 29.4 Å². The van der Waals surface area contributed by atoms with Crippen LogP contribution in [0.2, 0.25) is 0 Å². The van der Waals surface area contributed by atoms with Crippen LogP contribution in [-0.2, 0) is 26.9 Å². The first kappa shape index (κ1) is 31.0. The van der Waals surface area contributed by atoms with Crippen molar-refractivity contribution >= 4 is 31.3 Å². The molecule has 0 saturated carbocycles. The molecule has 0 heterocycles. The van der Waals surface area contributed by atoms with E-state index in [1.165, 1.54) is 0 Å². The van der Waals surface area contributed by atoms with Crippen LogP contribution in [0, 0.1) is 0 Å². The van der Waals surface area contributed by atoms with Gasteiger partial charge in [-0.25, -0.2) is 13.7 Å². The van der Waals surface area contributed by atoms with Gasteiger partial charge in [-0.05, 0) is 0 Å². The zero-order valence-corrected chi connectivity index (χ0v) is 18.4. The molecule has 0 rings (SSSR count). The molecule has 20 heteroatoms. The Morgan fingerprint density at radius 1 is 0.650 bits per heavy atom. The summed E-state index contributed by atoms with van der Waals surface area (Å²) < 4.78 is 43.9. The van der Waals surface area contributed by atoms with Crippen molar-refractivity contribution in [3.8, 4) is 0 Å². The second-order valence-electron chi connectivity index (χ2n) is 2.08.